The van der Waals surface area contributed by atoms with Gasteiger partial charge in [-0.2, -0.15) is 10.2 Å². The van der Waals surface area contributed by atoms with Gasteiger partial charge in [-0.1, -0.05) is 11.6 Å². The molecule has 0 bridgehead atoms. The summed E-state index contributed by atoms with van der Waals surface area (Å²) in [6.45, 7) is 0. The molecule has 0 amide bonds. The Kier molecular flexibility index (Phi) is 2.68. The molecule has 0 atom stereocenters. The lowest BCUT2D eigenvalue weighted by molar-refractivity contribution is 0.0992. The molecule has 0 saturated carbocycles. The maximum Gasteiger partial charge on any atom is 0.168 e. The van der Waals surface area contributed by atoms with Crippen LogP contribution in [0.15, 0.2) is 30.1 Å². The third-order valence-electron chi connectivity index (χ3n) is 2.43. The molecule has 1 heterocycles. The lowest BCUT2D eigenvalue weighted by atomic mass is 10.0. The Bertz CT molecular complexity index is 357. The number of Topliss-reactive ketones (excluding diaryl/α,β-unsaturated/α-hetero) is 1. The molecule has 0 aliphatic heterocycles. The van der Waals surface area contributed by atoms with Gasteiger partial charge in [-0.15, -0.1) is 0 Å². The van der Waals surface area contributed by atoms with Gasteiger partial charge in [-0.3, -0.25) is 4.79 Å². The molecule has 0 radical (unpaired) electrons. The Morgan fingerprint density at radius 2 is 2.36 bits per heavy atom. The van der Waals surface area contributed by atoms with Gasteiger partial charge in [0.1, 0.15) is 0 Å². The van der Waals surface area contributed by atoms with Crippen LogP contribution in [-0.4, -0.2) is 16.0 Å². The van der Waals surface area contributed by atoms with E-state index in [9.17, 15) is 4.79 Å². The van der Waals surface area contributed by atoms with Gasteiger partial charge >= 0.3 is 0 Å². The normalized spacial score (nSPS) is 15.3. The summed E-state index contributed by atoms with van der Waals surface area (Å²) in [7, 11) is 0. The van der Waals surface area contributed by atoms with Crippen molar-refractivity contribution in [2.75, 3.05) is 0 Å². The third-order valence-corrected chi connectivity index (χ3v) is 2.43. The average Bonchev–Trinajstić information content (AvgIpc) is 2.72. The number of ketones is 1. The highest BCUT2D eigenvalue weighted by Gasteiger charge is 2.11. The van der Waals surface area contributed by atoms with E-state index in [0.29, 0.717) is 12.0 Å². The number of rotatable bonds is 3. The molecule has 72 valence electrons. The largest absolute Gasteiger partial charge is 0.294 e. The number of carbonyl (C=O) groups is 1. The van der Waals surface area contributed by atoms with Crippen LogP contribution in [0.25, 0.3) is 0 Å². The molecule has 0 unspecified atom stereocenters. The summed E-state index contributed by atoms with van der Waals surface area (Å²) in [5.74, 6) is 0.146. The van der Waals surface area contributed by atoms with E-state index in [0.717, 1.165) is 12.8 Å². The first-order valence-corrected chi connectivity index (χ1v) is 4.84. The van der Waals surface area contributed by atoms with Crippen molar-refractivity contribution in [1.82, 2.24) is 10.2 Å². The van der Waals surface area contributed by atoms with Gasteiger partial charge in [0.05, 0.1) is 12.4 Å². The number of hydrogen-bond acceptors (Lipinski definition) is 3. The molecule has 1 aliphatic rings. The van der Waals surface area contributed by atoms with Crippen LogP contribution >= 0.6 is 0 Å². The molecule has 3 heteroatoms. The van der Waals surface area contributed by atoms with Crippen molar-refractivity contribution in [3.8, 4) is 0 Å². The van der Waals surface area contributed by atoms with E-state index in [1.54, 1.807) is 12.3 Å². The Hall–Kier alpha value is -1.51. The van der Waals surface area contributed by atoms with E-state index in [1.807, 2.05) is 0 Å². The zero-order valence-corrected chi connectivity index (χ0v) is 7.94. The van der Waals surface area contributed by atoms with Crippen molar-refractivity contribution in [3.05, 3.63) is 35.7 Å². The highest BCUT2D eigenvalue weighted by Crippen LogP contribution is 2.21. The van der Waals surface area contributed by atoms with Gasteiger partial charge in [0.2, 0.25) is 0 Å². The van der Waals surface area contributed by atoms with Crippen LogP contribution in [0.2, 0.25) is 0 Å². The lowest BCUT2D eigenvalue weighted by Crippen LogP contribution is -2.01. The molecule has 0 N–H and O–H groups in total. The molecular formula is C11H12N2O. The van der Waals surface area contributed by atoms with Crippen LogP contribution in [-0.2, 0) is 0 Å². The molecule has 0 saturated heterocycles. The van der Waals surface area contributed by atoms with Crippen molar-refractivity contribution in [1.29, 1.82) is 0 Å². The summed E-state index contributed by atoms with van der Waals surface area (Å²) in [5, 5.41) is 7.33. The number of nitrogens with zero attached hydrogens (tertiary/aromatic N) is 2. The Balaban J connectivity index is 2.03. The second-order valence-corrected chi connectivity index (χ2v) is 3.49. The summed E-state index contributed by atoms with van der Waals surface area (Å²) >= 11 is 0. The number of allylic oxidation sites excluding steroid dienone is 2. The Morgan fingerprint density at radius 3 is 3.00 bits per heavy atom. The molecule has 1 aromatic heterocycles. The van der Waals surface area contributed by atoms with Crippen molar-refractivity contribution in [2.24, 2.45) is 0 Å². The van der Waals surface area contributed by atoms with Crippen LogP contribution in [0.5, 0.6) is 0 Å². The van der Waals surface area contributed by atoms with Crippen molar-refractivity contribution >= 4 is 5.78 Å². The molecule has 0 aromatic carbocycles. The smallest absolute Gasteiger partial charge is 0.168 e. The zero-order valence-electron chi connectivity index (χ0n) is 7.94. The maximum absolute atomic E-state index is 11.7. The van der Waals surface area contributed by atoms with Gasteiger partial charge in [0.25, 0.3) is 0 Å². The fourth-order valence-electron chi connectivity index (χ4n) is 1.66. The quantitative estimate of drug-likeness (QED) is 0.539. The Labute approximate surface area is 82.9 Å². The predicted octanol–water partition coefficient (Wildman–Crippen LogP) is 2.16. The summed E-state index contributed by atoms with van der Waals surface area (Å²) < 4.78 is 0. The fraction of sp³-hybridized carbons (Fsp3) is 0.364. The minimum absolute atomic E-state index is 0.146. The SMILES string of the molecule is O=C(CC1=CCCC1)c1ccnnc1. The summed E-state index contributed by atoms with van der Waals surface area (Å²) in [6, 6.07) is 1.71. The monoisotopic (exact) mass is 188 g/mol. The number of aromatic nitrogens is 2. The summed E-state index contributed by atoms with van der Waals surface area (Å²) in [5.41, 5.74) is 1.93. The van der Waals surface area contributed by atoms with E-state index in [-0.39, 0.29) is 5.78 Å². The highest BCUT2D eigenvalue weighted by atomic mass is 16.1. The van der Waals surface area contributed by atoms with Crippen molar-refractivity contribution in [3.63, 3.8) is 0 Å². The number of carbonyl (C=O) groups excluding carboxylic acids is 1. The van der Waals surface area contributed by atoms with Crippen LogP contribution in [0.1, 0.15) is 36.0 Å². The van der Waals surface area contributed by atoms with Gasteiger partial charge in [0.15, 0.2) is 5.78 Å². The molecule has 14 heavy (non-hydrogen) atoms. The van der Waals surface area contributed by atoms with Gasteiger partial charge < -0.3 is 0 Å². The molecule has 1 aromatic rings. The highest BCUT2D eigenvalue weighted by molar-refractivity contribution is 5.97. The predicted molar refractivity (Wildman–Crippen MR) is 52.9 cm³/mol. The van der Waals surface area contributed by atoms with Crippen molar-refractivity contribution < 1.29 is 4.79 Å². The second-order valence-electron chi connectivity index (χ2n) is 3.49. The molecule has 0 spiro atoms. The van der Waals surface area contributed by atoms with E-state index in [2.05, 4.69) is 16.3 Å². The molecule has 3 nitrogen and oxygen atoms in total. The standard InChI is InChI=1S/C11H12N2O/c14-11(7-9-3-1-2-4-9)10-5-6-12-13-8-10/h3,5-6,8H,1-2,4,7H2. The molecular weight excluding hydrogens is 176 g/mol. The van der Waals surface area contributed by atoms with E-state index < -0.39 is 0 Å². The summed E-state index contributed by atoms with van der Waals surface area (Å²) in [4.78, 5) is 11.7. The minimum Gasteiger partial charge on any atom is -0.294 e. The lowest BCUT2D eigenvalue weighted by Gasteiger charge is -2.00. The third kappa shape index (κ3) is 2.05. The topological polar surface area (TPSA) is 42.9 Å². The van der Waals surface area contributed by atoms with Crippen LogP contribution in [0.4, 0.5) is 0 Å². The minimum atomic E-state index is 0.146. The molecule has 0 fully saturated rings. The molecule has 1 aliphatic carbocycles. The Morgan fingerprint density at radius 1 is 1.43 bits per heavy atom. The molecule has 2 rings (SSSR count). The fourth-order valence-corrected chi connectivity index (χ4v) is 1.66. The zero-order chi connectivity index (χ0) is 9.80. The first-order valence-electron chi connectivity index (χ1n) is 4.84. The first-order chi connectivity index (χ1) is 6.86. The number of hydrogen-bond donors (Lipinski definition) is 0. The average molecular weight is 188 g/mol. The van der Waals surface area contributed by atoms with Gasteiger partial charge in [0, 0.05) is 12.0 Å². The maximum atomic E-state index is 11.7. The second kappa shape index (κ2) is 4.13. The van der Waals surface area contributed by atoms with Crippen LogP contribution in [0.3, 0.4) is 0 Å². The summed E-state index contributed by atoms with van der Waals surface area (Å²) in [6.07, 6.45) is 9.19. The van der Waals surface area contributed by atoms with E-state index in [1.165, 1.54) is 18.2 Å². The van der Waals surface area contributed by atoms with Crippen molar-refractivity contribution in [2.45, 2.75) is 25.7 Å². The van der Waals surface area contributed by atoms with E-state index >= 15 is 0 Å². The first kappa shape index (κ1) is 9.06. The van der Waals surface area contributed by atoms with Gasteiger partial charge in [-0.05, 0) is 25.3 Å². The van der Waals surface area contributed by atoms with Crippen LogP contribution < -0.4 is 0 Å². The van der Waals surface area contributed by atoms with Crippen LogP contribution in [0, 0.1) is 0 Å². The van der Waals surface area contributed by atoms with E-state index in [4.69, 9.17) is 0 Å². The van der Waals surface area contributed by atoms with Gasteiger partial charge in [-0.25, -0.2) is 0 Å².